The zero-order valence-electron chi connectivity index (χ0n) is 16.2. The van der Waals surface area contributed by atoms with E-state index in [1.165, 1.54) is 33.3 Å². The van der Waals surface area contributed by atoms with Crippen LogP contribution in [0.5, 0.6) is 11.8 Å². The van der Waals surface area contributed by atoms with Gasteiger partial charge in [-0.1, -0.05) is 12.2 Å². The molecule has 0 aromatic carbocycles. The SMILES string of the molecule is C=C(C)CS(=O)(=O)c1cccnc1S(=O)(=O)NC(=O)Nc1nc(OC)cc(OC)n1. The Morgan fingerprint density at radius 2 is 1.73 bits per heavy atom. The standard InChI is InChI=1S/C16H19N5O7S2/c1-10(2)9-29(23,24)11-6-5-7-17-14(11)30(25,26)21-16(22)20-15-18-12(27-3)8-13(19-15)28-4/h5-8H,1,9H2,2-4H3,(H2,18,19,20,21,22). The maximum Gasteiger partial charge on any atom is 0.335 e. The lowest BCUT2D eigenvalue weighted by Crippen LogP contribution is -2.36. The maximum atomic E-state index is 12.6. The van der Waals surface area contributed by atoms with E-state index in [-0.39, 0.29) is 17.7 Å². The number of anilines is 1. The molecule has 2 heterocycles. The first kappa shape index (κ1) is 23.0. The fourth-order valence-electron chi connectivity index (χ4n) is 2.18. The number of ether oxygens (including phenoxy) is 2. The number of methoxy groups -OCH3 is 2. The van der Waals surface area contributed by atoms with Crippen LogP contribution in [0, 0.1) is 0 Å². The van der Waals surface area contributed by atoms with Crippen LogP contribution >= 0.6 is 0 Å². The van der Waals surface area contributed by atoms with Crippen LogP contribution in [-0.4, -0.2) is 57.8 Å². The molecular weight excluding hydrogens is 438 g/mol. The lowest BCUT2D eigenvalue weighted by Gasteiger charge is -2.12. The molecule has 2 amide bonds. The molecule has 0 fully saturated rings. The summed E-state index contributed by atoms with van der Waals surface area (Å²) in [5.41, 5.74) is 0.303. The average Bonchev–Trinajstić information content (AvgIpc) is 2.66. The number of carbonyl (C=O) groups excluding carboxylic acids is 1. The van der Waals surface area contributed by atoms with E-state index >= 15 is 0 Å². The molecule has 0 unspecified atom stereocenters. The van der Waals surface area contributed by atoms with Gasteiger partial charge < -0.3 is 9.47 Å². The molecule has 30 heavy (non-hydrogen) atoms. The van der Waals surface area contributed by atoms with Gasteiger partial charge in [-0.2, -0.15) is 18.4 Å². The first-order valence-corrected chi connectivity index (χ1v) is 11.2. The minimum absolute atomic E-state index is 0.0536. The highest BCUT2D eigenvalue weighted by Crippen LogP contribution is 2.21. The molecule has 2 aromatic rings. The molecule has 0 aliphatic heterocycles. The molecular formula is C16H19N5O7S2. The second-order valence-electron chi connectivity index (χ2n) is 5.86. The normalized spacial score (nSPS) is 11.4. The minimum atomic E-state index is -4.66. The highest BCUT2D eigenvalue weighted by Gasteiger charge is 2.29. The van der Waals surface area contributed by atoms with Crippen molar-refractivity contribution in [3.05, 3.63) is 36.5 Å². The zero-order chi connectivity index (χ0) is 22.5. The summed E-state index contributed by atoms with van der Waals surface area (Å²) in [6.07, 6.45) is 1.09. The molecule has 0 radical (unpaired) electrons. The van der Waals surface area contributed by atoms with Crippen LogP contribution in [-0.2, 0) is 19.9 Å². The number of pyridine rings is 1. The van der Waals surface area contributed by atoms with Gasteiger partial charge in [0.1, 0.15) is 4.90 Å². The molecule has 0 saturated carbocycles. The lowest BCUT2D eigenvalue weighted by molar-refractivity contribution is 0.256. The Hall–Kier alpha value is -3.26. The van der Waals surface area contributed by atoms with Crippen LogP contribution < -0.4 is 19.5 Å². The van der Waals surface area contributed by atoms with Crippen molar-refractivity contribution in [1.29, 1.82) is 0 Å². The van der Waals surface area contributed by atoms with E-state index in [1.54, 1.807) is 4.72 Å². The van der Waals surface area contributed by atoms with Gasteiger partial charge in [-0.3, -0.25) is 5.32 Å². The van der Waals surface area contributed by atoms with E-state index < -0.39 is 41.6 Å². The van der Waals surface area contributed by atoms with Gasteiger partial charge in [0.2, 0.25) is 17.7 Å². The largest absolute Gasteiger partial charge is 0.481 e. The van der Waals surface area contributed by atoms with Gasteiger partial charge in [0, 0.05) is 6.20 Å². The Bertz CT molecular complexity index is 1160. The smallest absolute Gasteiger partial charge is 0.335 e. The summed E-state index contributed by atoms with van der Waals surface area (Å²) >= 11 is 0. The number of nitrogens with one attached hydrogen (secondary N) is 2. The quantitative estimate of drug-likeness (QED) is 0.540. The van der Waals surface area contributed by atoms with Gasteiger partial charge in [0.25, 0.3) is 10.0 Å². The number of urea groups is 1. The number of carbonyl (C=O) groups is 1. The predicted molar refractivity (Wildman–Crippen MR) is 106 cm³/mol. The summed E-state index contributed by atoms with van der Waals surface area (Å²) in [6.45, 7) is 5.00. The highest BCUT2D eigenvalue weighted by molar-refractivity contribution is 7.94. The van der Waals surface area contributed by atoms with Crippen LogP contribution in [0.4, 0.5) is 10.7 Å². The van der Waals surface area contributed by atoms with Gasteiger partial charge >= 0.3 is 6.03 Å². The monoisotopic (exact) mass is 457 g/mol. The fourth-order valence-corrected chi connectivity index (χ4v) is 5.23. The van der Waals surface area contributed by atoms with Crippen LogP contribution in [0.25, 0.3) is 0 Å². The summed E-state index contributed by atoms with van der Waals surface area (Å²) in [5, 5.41) is 1.28. The summed E-state index contributed by atoms with van der Waals surface area (Å²) in [4.78, 5) is 22.9. The summed E-state index contributed by atoms with van der Waals surface area (Å²) < 4.78 is 61.7. The zero-order valence-corrected chi connectivity index (χ0v) is 17.9. The number of hydrogen-bond donors (Lipinski definition) is 2. The first-order chi connectivity index (χ1) is 14.0. The van der Waals surface area contributed by atoms with E-state index in [2.05, 4.69) is 26.8 Å². The Morgan fingerprint density at radius 1 is 1.13 bits per heavy atom. The van der Waals surface area contributed by atoms with Crippen molar-refractivity contribution in [3.63, 3.8) is 0 Å². The van der Waals surface area contributed by atoms with E-state index in [4.69, 9.17) is 9.47 Å². The van der Waals surface area contributed by atoms with Crippen molar-refractivity contribution in [1.82, 2.24) is 19.7 Å². The molecule has 162 valence electrons. The Kier molecular flexibility index (Phi) is 6.94. The van der Waals surface area contributed by atoms with Crippen molar-refractivity contribution in [2.24, 2.45) is 0 Å². The first-order valence-electron chi connectivity index (χ1n) is 8.11. The van der Waals surface area contributed by atoms with E-state index in [1.807, 2.05) is 0 Å². The number of hydrogen-bond acceptors (Lipinski definition) is 10. The van der Waals surface area contributed by atoms with Crippen LogP contribution in [0.15, 0.2) is 46.5 Å². The van der Waals surface area contributed by atoms with E-state index in [0.717, 1.165) is 12.3 Å². The van der Waals surface area contributed by atoms with Gasteiger partial charge in [-0.25, -0.2) is 22.9 Å². The number of sulfonamides is 1. The third-order valence-electron chi connectivity index (χ3n) is 3.31. The molecule has 0 saturated heterocycles. The second-order valence-corrected chi connectivity index (χ2v) is 9.41. The number of aromatic nitrogens is 3. The Labute approximate surface area is 173 Å². The topological polar surface area (TPSA) is 167 Å². The third-order valence-corrected chi connectivity index (χ3v) is 6.60. The molecule has 0 aliphatic carbocycles. The van der Waals surface area contributed by atoms with Crippen LogP contribution in [0.1, 0.15) is 6.92 Å². The molecule has 0 bridgehead atoms. The fraction of sp³-hybridized carbons (Fsp3) is 0.250. The van der Waals surface area contributed by atoms with Crippen molar-refractivity contribution < 1.29 is 31.1 Å². The van der Waals surface area contributed by atoms with Crippen LogP contribution in [0.2, 0.25) is 0 Å². The molecule has 0 atom stereocenters. The molecule has 12 nitrogen and oxygen atoms in total. The van der Waals surface area contributed by atoms with E-state index in [0.29, 0.717) is 5.57 Å². The molecule has 0 aliphatic rings. The minimum Gasteiger partial charge on any atom is -0.481 e. The van der Waals surface area contributed by atoms with E-state index in [9.17, 15) is 21.6 Å². The van der Waals surface area contributed by atoms with Gasteiger partial charge in [-0.05, 0) is 19.1 Å². The van der Waals surface area contributed by atoms with Gasteiger partial charge in [0.15, 0.2) is 14.9 Å². The summed E-state index contributed by atoms with van der Waals surface area (Å²) in [5.74, 6) is -0.684. The van der Waals surface area contributed by atoms with Gasteiger partial charge in [0.05, 0.1) is 26.0 Å². The van der Waals surface area contributed by atoms with Crippen molar-refractivity contribution in [2.45, 2.75) is 16.8 Å². The summed E-state index contributed by atoms with van der Waals surface area (Å²) in [7, 11) is -6.07. The Morgan fingerprint density at radius 3 is 2.27 bits per heavy atom. The number of amides is 2. The third kappa shape index (κ3) is 5.64. The second kappa shape index (κ2) is 9.04. The van der Waals surface area contributed by atoms with Crippen LogP contribution in [0.3, 0.4) is 0 Å². The molecule has 2 N–H and O–H groups in total. The van der Waals surface area contributed by atoms with Crippen molar-refractivity contribution >= 4 is 31.8 Å². The molecule has 14 heteroatoms. The molecule has 0 spiro atoms. The number of nitrogens with zero attached hydrogens (tertiary/aromatic N) is 3. The highest BCUT2D eigenvalue weighted by atomic mass is 32.2. The summed E-state index contributed by atoms with van der Waals surface area (Å²) in [6, 6.07) is 2.43. The number of rotatable bonds is 8. The average molecular weight is 457 g/mol. The molecule has 2 aromatic heterocycles. The lowest BCUT2D eigenvalue weighted by atomic mass is 10.4. The number of sulfone groups is 1. The van der Waals surface area contributed by atoms with Gasteiger partial charge in [-0.15, -0.1) is 0 Å². The Balaban J connectivity index is 2.32. The molecule has 2 rings (SSSR count). The maximum absolute atomic E-state index is 12.6. The van der Waals surface area contributed by atoms with Crippen molar-refractivity contribution in [3.8, 4) is 11.8 Å². The van der Waals surface area contributed by atoms with Crippen molar-refractivity contribution in [2.75, 3.05) is 25.3 Å². The predicted octanol–water partition coefficient (Wildman–Crippen LogP) is 0.749.